The number of rotatable bonds is 5. The van der Waals surface area contributed by atoms with Gasteiger partial charge in [0.1, 0.15) is 11.9 Å². The van der Waals surface area contributed by atoms with Crippen LogP contribution in [0.5, 0.6) is 0 Å². The third-order valence-corrected chi connectivity index (χ3v) is 3.01. The Bertz CT molecular complexity index is 465. The zero-order valence-corrected chi connectivity index (χ0v) is 11.3. The Morgan fingerprint density at radius 1 is 1.50 bits per heavy atom. The predicted octanol–water partition coefficient (Wildman–Crippen LogP) is 2.57. The molecule has 4 nitrogen and oxygen atoms in total. The summed E-state index contributed by atoms with van der Waals surface area (Å²) < 4.78 is 13.2. The van der Waals surface area contributed by atoms with Crippen molar-refractivity contribution >= 4 is 27.8 Å². The first-order valence-corrected chi connectivity index (χ1v) is 6.23. The molecule has 2 N–H and O–H groups in total. The van der Waals surface area contributed by atoms with Crippen molar-refractivity contribution in [3.63, 3.8) is 0 Å². The van der Waals surface area contributed by atoms with Crippen molar-refractivity contribution in [2.75, 3.05) is 0 Å². The number of amides is 1. The van der Waals surface area contributed by atoms with Crippen molar-refractivity contribution < 1.29 is 19.1 Å². The maximum Gasteiger partial charge on any atom is 0.326 e. The van der Waals surface area contributed by atoms with Crippen LogP contribution in [-0.2, 0) is 4.79 Å². The van der Waals surface area contributed by atoms with Gasteiger partial charge in [-0.1, -0.05) is 13.3 Å². The molecule has 0 heterocycles. The van der Waals surface area contributed by atoms with Crippen LogP contribution in [0.1, 0.15) is 30.1 Å². The molecule has 1 rings (SSSR count). The number of carbonyl (C=O) groups excluding carboxylic acids is 1. The molecule has 18 heavy (non-hydrogen) atoms. The Kier molecular flexibility index (Phi) is 5.27. The minimum absolute atomic E-state index is 0.207. The first-order chi connectivity index (χ1) is 8.45. The average Bonchev–Trinajstić information content (AvgIpc) is 2.27. The van der Waals surface area contributed by atoms with E-state index >= 15 is 0 Å². The number of benzene rings is 1. The SMILES string of the molecule is CCCC(NC(=O)c1ccc(F)cc1Br)C(=O)O. The third-order valence-electron chi connectivity index (χ3n) is 2.36. The number of aliphatic carboxylic acids is 1. The van der Waals surface area contributed by atoms with Crippen LogP contribution in [0.25, 0.3) is 0 Å². The topological polar surface area (TPSA) is 66.4 Å². The number of carboxylic acids is 1. The van der Waals surface area contributed by atoms with E-state index in [1.807, 2.05) is 6.92 Å². The average molecular weight is 318 g/mol. The summed E-state index contributed by atoms with van der Waals surface area (Å²) in [5.74, 6) is -2.09. The van der Waals surface area contributed by atoms with Gasteiger partial charge in [-0.25, -0.2) is 9.18 Å². The maximum atomic E-state index is 12.9. The fraction of sp³-hybridized carbons (Fsp3) is 0.333. The van der Waals surface area contributed by atoms with Gasteiger partial charge in [0, 0.05) is 4.47 Å². The van der Waals surface area contributed by atoms with Gasteiger partial charge in [0.15, 0.2) is 0 Å². The molecule has 1 aromatic rings. The molecule has 0 saturated carbocycles. The Labute approximate surface area is 112 Å². The molecule has 0 spiro atoms. The van der Waals surface area contributed by atoms with Crippen molar-refractivity contribution in [1.29, 1.82) is 0 Å². The Morgan fingerprint density at radius 2 is 2.17 bits per heavy atom. The van der Waals surface area contributed by atoms with Gasteiger partial charge < -0.3 is 10.4 Å². The van der Waals surface area contributed by atoms with Crippen molar-refractivity contribution in [2.24, 2.45) is 0 Å². The molecule has 1 unspecified atom stereocenters. The summed E-state index contributed by atoms with van der Waals surface area (Å²) in [5.41, 5.74) is 0.207. The molecular formula is C12H13BrFNO3. The summed E-state index contributed by atoms with van der Waals surface area (Å²) in [7, 11) is 0. The predicted molar refractivity (Wildman–Crippen MR) is 67.9 cm³/mol. The normalized spacial score (nSPS) is 11.9. The lowest BCUT2D eigenvalue weighted by Gasteiger charge is -2.14. The summed E-state index contributed by atoms with van der Waals surface area (Å²) in [4.78, 5) is 22.7. The number of carbonyl (C=O) groups is 2. The van der Waals surface area contributed by atoms with Gasteiger partial charge in [0.05, 0.1) is 5.56 Å². The Morgan fingerprint density at radius 3 is 2.67 bits per heavy atom. The highest BCUT2D eigenvalue weighted by atomic mass is 79.9. The second-order valence-electron chi connectivity index (χ2n) is 3.78. The lowest BCUT2D eigenvalue weighted by Crippen LogP contribution is -2.40. The number of hydrogen-bond donors (Lipinski definition) is 2. The number of carboxylic acid groups (broad SMARTS) is 1. The Balaban J connectivity index is 2.83. The molecule has 1 aromatic carbocycles. The van der Waals surface area contributed by atoms with Crippen molar-refractivity contribution in [3.05, 3.63) is 34.1 Å². The zero-order chi connectivity index (χ0) is 13.7. The molecule has 1 amide bonds. The van der Waals surface area contributed by atoms with Gasteiger partial charge in [-0.3, -0.25) is 4.79 Å². The lowest BCUT2D eigenvalue weighted by atomic mass is 10.1. The quantitative estimate of drug-likeness (QED) is 0.877. The molecule has 0 fully saturated rings. The van der Waals surface area contributed by atoms with Crippen LogP contribution in [0.4, 0.5) is 4.39 Å². The van der Waals surface area contributed by atoms with Crippen molar-refractivity contribution in [2.45, 2.75) is 25.8 Å². The molecule has 0 saturated heterocycles. The Hall–Kier alpha value is -1.43. The summed E-state index contributed by atoms with van der Waals surface area (Å²) in [6.45, 7) is 1.83. The third kappa shape index (κ3) is 3.80. The fourth-order valence-corrected chi connectivity index (χ4v) is 1.99. The molecular weight excluding hydrogens is 305 g/mol. The summed E-state index contributed by atoms with van der Waals surface area (Å²) in [6.07, 6.45) is 0.988. The van der Waals surface area contributed by atoms with E-state index in [2.05, 4.69) is 21.2 Å². The monoisotopic (exact) mass is 317 g/mol. The first-order valence-electron chi connectivity index (χ1n) is 5.44. The van der Waals surface area contributed by atoms with Crippen LogP contribution in [0.3, 0.4) is 0 Å². The van der Waals surface area contributed by atoms with Gasteiger partial charge >= 0.3 is 5.97 Å². The van der Waals surface area contributed by atoms with Gasteiger partial charge in [-0.05, 0) is 40.5 Å². The zero-order valence-electron chi connectivity index (χ0n) is 9.74. The van der Waals surface area contributed by atoms with Gasteiger partial charge in [0.25, 0.3) is 5.91 Å². The molecule has 0 aromatic heterocycles. The van der Waals surface area contributed by atoms with Gasteiger partial charge in [-0.15, -0.1) is 0 Å². The van der Waals surface area contributed by atoms with Gasteiger partial charge in [-0.2, -0.15) is 0 Å². The van der Waals surface area contributed by atoms with E-state index in [4.69, 9.17) is 5.11 Å². The minimum atomic E-state index is -1.08. The van der Waals surface area contributed by atoms with E-state index < -0.39 is 23.7 Å². The van der Waals surface area contributed by atoms with E-state index in [1.54, 1.807) is 0 Å². The fourth-order valence-electron chi connectivity index (χ4n) is 1.46. The summed E-state index contributed by atoms with van der Waals surface area (Å²) >= 11 is 3.07. The summed E-state index contributed by atoms with van der Waals surface area (Å²) in [5, 5.41) is 11.3. The smallest absolute Gasteiger partial charge is 0.326 e. The molecule has 0 bridgehead atoms. The highest BCUT2D eigenvalue weighted by molar-refractivity contribution is 9.10. The van der Waals surface area contributed by atoms with E-state index in [0.29, 0.717) is 17.3 Å². The van der Waals surface area contributed by atoms with E-state index in [-0.39, 0.29) is 5.56 Å². The van der Waals surface area contributed by atoms with Crippen molar-refractivity contribution in [3.8, 4) is 0 Å². The van der Waals surface area contributed by atoms with Crippen LogP contribution in [0, 0.1) is 5.82 Å². The van der Waals surface area contributed by atoms with Crippen LogP contribution in [-0.4, -0.2) is 23.0 Å². The largest absolute Gasteiger partial charge is 0.480 e. The molecule has 1 atom stereocenters. The van der Waals surface area contributed by atoms with Crippen LogP contribution in [0.2, 0.25) is 0 Å². The van der Waals surface area contributed by atoms with Crippen LogP contribution >= 0.6 is 15.9 Å². The van der Waals surface area contributed by atoms with Crippen LogP contribution in [0.15, 0.2) is 22.7 Å². The molecule has 0 aliphatic rings. The molecule has 0 aliphatic heterocycles. The van der Waals surface area contributed by atoms with E-state index in [1.165, 1.54) is 6.07 Å². The number of nitrogens with one attached hydrogen (secondary N) is 1. The van der Waals surface area contributed by atoms with E-state index in [9.17, 15) is 14.0 Å². The highest BCUT2D eigenvalue weighted by Gasteiger charge is 2.20. The van der Waals surface area contributed by atoms with E-state index in [0.717, 1.165) is 12.1 Å². The number of halogens is 2. The first kappa shape index (κ1) is 14.6. The second-order valence-corrected chi connectivity index (χ2v) is 4.63. The second kappa shape index (κ2) is 6.49. The molecule has 0 aliphatic carbocycles. The maximum absolute atomic E-state index is 12.9. The summed E-state index contributed by atoms with van der Waals surface area (Å²) in [6, 6.07) is 2.68. The molecule has 98 valence electrons. The van der Waals surface area contributed by atoms with Gasteiger partial charge in [0.2, 0.25) is 0 Å². The number of hydrogen-bond acceptors (Lipinski definition) is 2. The lowest BCUT2D eigenvalue weighted by molar-refractivity contribution is -0.139. The van der Waals surface area contributed by atoms with Crippen molar-refractivity contribution in [1.82, 2.24) is 5.32 Å². The standard InChI is InChI=1S/C12H13BrFNO3/c1-2-3-10(12(17)18)15-11(16)8-5-4-7(14)6-9(8)13/h4-6,10H,2-3H2,1H3,(H,15,16)(H,17,18). The highest BCUT2D eigenvalue weighted by Crippen LogP contribution is 2.18. The molecule has 6 heteroatoms. The minimum Gasteiger partial charge on any atom is -0.480 e. The molecule has 0 radical (unpaired) electrons. The van der Waals surface area contributed by atoms with Crippen LogP contribution < -0.4 is 5.32 Å².